The van der Waals surface area contributed by atoms with Crippen molar-refractivity contribution in [3.8, 4) is 5.75 Å². The fraction of sp³-hybridized carbons (Fsp3) is 0.176. The summed E-state index contributed by atoms with van der Waals surface area (Å²) in [7, 11) is 0. The van der Waals surface area contributed by atoms with E-state index in [0.717, 1.165) is 0 Å². The number of aromatic amines is 1. The summed E-state index contributed by atoms with van der Waals surface area (Å²) < 4.78 is 10.5. The number of aromatic nitrogens is 1. The highest BCUT2D eigenvalue weighted by atomic mass is 35.5. The number of H-pyrrole nitrogens is 1. The van der Waals surface area contributed by atoms with Crippen LogP contribution in [0, 0.1) is 0 Å². The molecule has 3 aromatic rings. The van der Waals surface area contributed by atoms with Gasteiger partial charge in [0.1, 0.15) is 11.3 Å². The fourth-order valence-electron chi connectivity index (χ4n) is 2.30. The number of oxazole rings is 1. The maximum Gasteiger partial charge on any atom is 0.417 e. The lowest BCUT2D eigenvalue weighted by Gasteiger charge is -2.09. The Hall–Kier alpha value is -2.44. The molecule has 0 bridgehead atoms. The van der Waals surface area contributed by atoms with Crippen molar-refractivity contribution < 1.29 is 13.9 Å². The third kappa shape index (κ3) is 4.35. The Labute approximate surface area is 152 Å². The molecular weight excluding hydrogens is 367 g/mol. The van der Waals surface area contributed by atoms with Gasteiger partial charge in [-0.15, -0.1) is 0 Å². The standard InChI is InChI=1S/C17H14Cl2N2O4/c18-10-6-7-13(11(19)9-10)24-8-2-5-15(22)20-12-3-1-4-14-16(12)21-17(23)25-14/h1,3-4,6-7,9H,2,5,8H2,(H,20,22)(H,21,23). The zero-order valence-electron chi connectivity index (χ0n) is 13.0. The summed E-state index contributed by atoms with van der Waals surface area (Å²) >= 11 is 11.8. The van der Waals surface area contributed by atoms with Gasteiger partial charge in [0.25, 0.3) is 0 Å². The number of ether oxygens (including phenoxy) is 1. The molecule has 3 rings (SSSR count). The van der Waals surface area contributed by atoms with Gasteiger partial charge in [0, 0.05) is 11.4 Å². The Morgan fingerprint density at radius 3 is 2.88 bits per heavy atom. The molecule has 0 radical (unpaired) electrons. The number of hydrogen-bond donors (Lipinski definition) is 2. The minimum atomic E-state index is -0.565. The molecule has 0 aliphatic rings. The van der Waals surface area contributed by atoms with Crippen molar-refractivity contribution in [2.24, 2.45) is 0 Å². The topological polar surface area (TPSA) is 84.3 Å². The Kier molecular flexibility index (Phi) is 5.31. The van der Waals surface area contributed by atoms with E-state index in [0.29, 0.717) is 45.6 Å². The number of rotatable bonds is 6. The number of para-hydroxylation sites is 1. The monoisotopic (exact) mass is 380 g/mol. The van der Waals surface area contributed by atoms with Gasteiger partial charge in [-0.25, -0.2) is 4.79 Å². The zero-order valence-corrected chi connectivity index (χ0v) is 14.5. The first-order valence-electron chi connectivity index (χ1n) is 7.52. The third-order valence-corrected chi connectivity index (χ3v) is 3.96. The van der Waals surface area contributed by atoms with Crippen molar-refractivity contribution >= 4 is 45.9 Å². The van der Waals surface area contributed by atoms with Crippen molar-refractivity contribution in [1.29, 1.82) is 0 Å². The van der Waals surface area contributed by atoms with Gasteiger partial charge in [0.05, 0.1) is 17.3 Å². The van der Waals surface area contributed by atoms with Crippen LogP contribution in [0.3, 0.4) is 0 Å². The van der Waals surface area contributed by atoms with Gasteiger partial charge in [0.15, 0.2) is 5.58 Å². The van der Waals surface area contributed by atoms with Crippen LogP contribution in [-0.2, 0) is 4.79 Å². The van der Waals surface area contributed by atoms with Crippen molar-refractivity contribution in [3.63, 3.8) is 0 Å². The maximum atomic E-state index is 12.1. The highest BCUT2D eigenvalue weighted by Crippen LogP contribution is 2.27. The third-order valence-electron chi connectivity index (χ3n) is 3.43. The normalized spacial score (nSPS) is 10.8. The molecule has 1 aromatic heterocycles. The molecule has 6 nitrogen and oxygen atoms in total. The van der Waals surface area contributed by atoms with Crippen molar-refractivity contribution in [3.05, 3.63) is 57.0 Å². The molecule has 0 saturated heterocycles. The van der Waals surface area contributed by atoms with E-state index in [-0.39, 0.29) is 12.3 Å². The molecule has 130 valence electrons. The average Bonchev–Trinajstić information content (AvgIpc) is 2.94. The van der Waals surface area contributed by atoms with Gasteiger partial charge in [-0.3, -0.25) is 9.78 Å². The molecular formula is C17H14Cl2N2O4. The number of amides is 1. The summed E-state index contributed by atoms with van der Waals surface area (Å²) in [6.45, 7) is 0.335. The van der Waals surface area contributed by atoms with E-state index < -0.39 is 5.76 Å². The van der Waals surface area contributed by atoms with Crippen LogP contribution >= 0.6 is 23.2 Å². The number of benzene rings is 2. The Morgan fingerprint density at radius 1 is 1.24 bits per heavy atom. The first kappa shape index (κ1) is 17.4. The number of hydrogen-bond acceptors (Lipinski definition) is 4. The van der Waals surface area contributed by atoms with Crippen molar-refractivity contribution in [1.82, 2.24) is 4.98 Å². The Balaban J connectivity index is 1.52. The summed E-state index contributed by atoms with van der Waals surface area (Å²) in [5.74, 6) is -0.238. The van der Waals surface area contributed by atoms with E-state index in [9.17, 15) is 9.59 Å². The predicted octanol–water partition coefficient (Wildman–Crippen LogP) is 4.23. The molecule has 0 atom stereocenters. The van der Waals surface area contributed by atoms with Crippen LogP contribution in [0.15, 0.2) is 45.6 Å². The molecule has 2 aromatic carbocycles. The molecule has 0 fully saturated rings. The summed E-state index contributed by atoms with van der Waals surface area (Å²) in [4.78, 5) is 25.8. The first-order chi connectivity index (χ1) is 12.0. The lowest BCUT2D eigenvalue weighted by Crippen LogP contribution is -2.13. The Morgan fingerprint density at radius 2 is 2.08 bits per heavy atom. The molecule has 1 heterocycles. The van der Waals surface area contributed by atoms with Gasteiger partial charge in [0.2, 0.25) is 5.91 Å². The van der Waals surface area contributed by atoms with E-state index in [2.05, 4.69) is 10.3 Å². The molecule has 0 aliphatic carbocycles. The quantitative estimate of drug-likeness (QED) is 0.626. The molecule has 0 saturated carbocycles. The van der Waals surface area contributed by atoms with Gasteiger partial charge >= 0.3 is 5.76 Å². The predicted molar refractivity (Wildman–Crippen MR) is 96.7 cm³/mol. The van der Waals surface area contributed by atoms with E-state index in [1.54, 1.807) is 36.4 Å². The highest BCUT2D eigenvalue weighted by Gasteiger charge is 2.09. The lowest BCUT2D eigenvalue weighted by molar-refractivity contribution is -0.116. The van der Waals surface area contributed by atoms with E-state index in [1.807, 2.05) is 0 Å². The SMILES string of the molecule is O=C(CCCOc1ccc(Cl)cc1Cl)Nc1cccc2oc(=O)[nH]c12. The minimum Gasteiger partial charge on any atom is -0.492 e. The zero-order chi connectivity index (χ0) is 17.8. The summed E-state index contributed by atoms with van der Waals surface area (Å²) in [5, 5.41) is 3.70. The van der Waals surface area contributed by atoms with Crippen molar-refractivity contribution in [2.75, 3.05) is 11.9 Å². The average molecular weight is 381 g/mol. The molecule has 8 heteroatoms. The molecule has 2 N–H and O–H groups in total. The second-order valence-corrected chi connectivity index (χ2v) is 6.11. The molecule has 0 aliphatic heterocycles. The molecule has 25 heavy (non-hydrogen) atoms. The number of anilines is 1. The van der Waals surface area contributed by atoms with E-state index >= 15 is 0 Å². The number of nitrogens with one attached hydrogen (secondary N) is 2. The van der Waals surface area contributed by atoms with E-state index in [1.165, 1.54) is 0 Å². The second kappa shape index (κ2) is 7.63. The molecule has 1 amide bonds. The summed E-state index contributed by atoms with van der Waals surface area (Å²) in [6, 6.07) is 9.99. The van der Waals surface area contributed by atoms with E-state index in [4.69, 9.17) is 32.4 Å². The van der Waals surface area contributed by atoms with Crippen LogP contribution < -0.4 is 15.8 Å². The smallest absolute Gasteiger partial charge is 0.417 e. The summed E-state index contributed by atoms with van der Waals surface area (Å²) in [6.07, 6.45) is 0.756. The number of carbonyl (C=O) groups is 1. The lowest BCUT2D eigenvalue weighted by atomic mass is 10.2. The highest BCUT2D eigenvalue weighted by molar-refractivity contribution is 6.35. The number of halogens is 2. The molecule has 0 spiro atoms. The fourth-order valence-corrected chi connectivity index (χ4v) is 2.76. The maximum absolute atomic E-state index is 12.1. The van der Waals surface area contributed by atoms with Crippen molar-refractivity contribution in [2.45, 2.75) is 12.8 Å². The van der Waals surface area contributed by atoms with Crippen LogP contribution in [0.25, 0.3) is 11.1 Å². The van der Waals surface area contributed by atoms with Crippen LogP contribution in [0.1, 0.15) is 12.8 Å². The first-order valence-corrected chi connectivity index (χ1v) is 8.28. The Bertz CT molecular complexity index is 965. The van der Waals surface area contributed by atoms with Crippen LogP contribution in [0.5, 0.6) is 5.75 Å². The molecule has 0 unspecified atom stereocenters. The largest absolute Gasteiger partial charge is 0.492 e. The second-order valence-electron chi connectivity index (χ2n) is 5.27. The van der Waals surface area contributed by atoms with Gasteiger partial charge in [-0.1, -0.05) is 29.3 Å². The van der Waals surface area contributed by atoms with Gasteiger partial charge < -0.3 is 14.5 Å². The van der Waals surface area contributed by atoms with Crippen LogP contribution in [-0.4, -0.2) is 17.5 Å². The van der Waals surface area contributed by atoms with Crippen LogP contribution in [0.2, 0.25) is 10.0 Å². The number of fused-ring (bicyclic) bond motifs is 1. The minimum absolute atomic E-state index is 0.194. The van der Waals surface area contributed by atoms with Gasteiger partial charge in [-0.2, -0.15) is 0 Å². The number of carbonyl (C=O) groups excluding carboxylic acids is 1. The van der Waals surface area contributed by atoms with Crippen LogP contribution in [0.4, 0.5) is 5.69 Å². The summed E-state index contributed by atoms with van der Waals surface area (Å²) in [5.41, 5.74) is 1.35. The van der Waals surface area contributed by atoms with Gasteiger partial charge in [-0.05, 0) is 36.8 Å².